The van der Waals surface area contributed by atoms with Crippen molar-refractivity contribution in [2.45, 2.75) is 6.42 Å². The molecule has 4 nitrogen and oxygen atoms in total. The third kappa shape index (κ3) is 4.91. The number of benzene rings is 2. The fourth-order valence-corrected chi connectivity index (χ4v) is 2.51. The first kappa shape index (κ1) is 16.7. The standard InChI is InChI=1S/C21H22N4/c1-2-14-22-20-16-19(18-11-7-4-8-12-18)24-21(25-20)23-15-13-17-9-5-3-6-10-17/h2-12,16H,1,13-15H2,(H2,22,23,24,25). The molecule has 0 aliphatic rings. The average Bonchev–Trinajstić information content (AvgIpc) is 2.68. The Balaban J connectivity index is 1.76. The SMILES string of the molecule is C=CCNc1cc(-c2ccccc2)nc(NCCc2ccccc2)n1. The first-order valence-electron chi connectivity index (χ1n) is 8.42. The Morgan fingerprint density at radius 2 is 1.60 bits per heavy atom. The van der Waals surface area contributed by atoms with Crippen LogP contribution in [0.1, 0.15) is 5.56 Å². The zero-order chi connectivity index (χ0) is 17.3. The van der Waals surface area contributed by atoms with Gasteiger partial charge in [0.15, 0.2) is 0 Å². The van der Waals surface area contributed by atoms with Gasteiger partial charge in [0, 0.05) is 24.7 Å². The molecule has 0 unspecified atom stereocenters. The molecule has 0 spiro atoms. The fraction of sp³-hybridized carbons (Fsp3) is 0.143. The zero-order valence-electron chi connectivity index (χ0n) is 14.2. The molecule has 0 aliphatic heterocycles. The van der Waals surface area contributed by atoms with E-state index in [-0.39, 0.29) is 0 Å². The number of anilines is 2. The van der Waals surface area contributed by atoms with E-state index in [1.54, 1.807) is 0 Å². The van der Waals surface area contributed by atoms with Gasteiger partial charge in [-0.3, -0.25) is 0 Å². The lowest BCUT2D eigenvalue weighted by Crippen LogP contribution is -2.10. The van der Waals surface area contributed by atoms with E-state index in [2.05, 4.69) is 51.4 Å². The molecule has 3 aromatic rings. The quantitative estimate of drug-likeness (QED) is 0.601. The van der Waals surface area contributed by atoms with Crippen molar-refractivity contribution in [3.63, 3.8) is 0 Å². The maximum atomic E-state index is 4.65. The molecule has 25 heavy (non-hydrogen) atoms. The lowest BCUT2D eigenvalue weighted by molar-refractivity contribution is 0.984. The largest absolute Gasteiger partial charge is 0.366 e. The molecule has 0 atom stereocenters. The highest BCUT2D eigenvalue weighted by molar-refractivity contribution is 5.64. The molecule has 2 N–H and O–H groups in total. The highest BCUT2D eigenvalue weighted by atomic mass is 15.1. The van der Waals surface area contributed by atoms with Gasteiger partial charge >= 0.3 is 0 Å². The molecule has 0 fully saturated rings. The Labute approximate surface area is 148 Å². The maximum absolute atomic E-state index is 4.65. The third-order valence-corrected chi connectivity index (χ3v) is 3.76. The van der Waals surface area contributed by atoms with E-state index in [9.17, 15) is 0 Å². The Kier molecular flexibility index (Phi) is 5.77. The van der Waals surface area contributed by atoms with Crippen molar-refractivity contribution in [2.24, 2.45) is 0 Å². The van der Waals surface area contributed by atoms with Gasteiger partial charge < -0.3 is 10.6 Å². The molecule has 0 aliphatic carbocycles. The van der Waals surface area contributed by atoms with Crippen LogP contribution in [0.25, 0.3) is 11.3 Å². The van der Waals surface area contributed by atoms with Crippen molar-refractivity contribution >= 4 is 11.8 Å². The predicted octanol–water partition coefficient (Wildman–Crippen LogP) is 4.40. The monoisotopic (exact) mass is 330 g/mol. The van der Waals surface area contributed by atoms with E-state index in [0.717, 1.165) is 30.0 Å². The Morgan fingerprint density at radius 1 is 0.880 bits per heavy atom. The normalized spacial score (nSPS) is 10.2. The minimum atomic E-state index is 0.629. The second kappa shape index (κ2) is 8.64. The van der Waals surface area contributed by atoms with Crippen LogP contribution in [0.15, 0.2) is 79.4 Å². The molecule has 0 saturated carbocycles. The van der Waals surface area contributed by atoms with Crippen LogP contribution in [0.4, 0.5) is 11.8 Å². The van der Waals surface area contributed by atoms with Gasteiger partial charge in [0.1, 0.15) is 5.82 Å². The minimum absolute atomic E-state index is 0.629. The van der Waals surface area contributed by atoms with Crippen molar-refractivity contribution in [1.82, 2.24) is 9.97 Å². The molecule has 1 heterocycles. The topological polar surface area (TPSA) is 49.8 Å². The number of hydrogen-bond donors (Lipinski definition) is 2. The first-order valence-corrected chi connectivity index (χ1v) is 8.42. The van der Waals surface area contributed by atoms with E-state index < -0.39 is 0 Å². The predicted molar refractivity (Wildman–Crippen MR) is 105 cm³/mol. The highest BCUT2D eigenvalue weighted by Crippen LogP contribution is 2.21. The molecule has 1 aromatic heterocycles. The summed E-state index contributed by atoms with van der Waals surface area (Å²) in [7, 11) is 0. The Hall–Kier alpha value is -3.14. The molecule has 0 radical (unpaired) electrons. The third-order valence-electron chi connectivity index (χ3n) is 3.76. The molecule has 126 valence electrons. The molecule has 0 saturated heterocycles. The van der Waals surface area contributed by atoms with E-state index in [0.29, 0.717) is 12.5 Å². The molecule has 3 rings (SSSR count). The number of aromatic nitrogens is 2. The van der Waals surface area contributed by atoms with Crippen LogP contribution in [0.5, 0.6) is 0 Å². The Morgan fingerprint density at radius 3 is 2.32 bits per heavy atom. The van der Waals surface area contributed by atoms with Crippen LogP contribution >= 0.6 is 0 Å². The van der Waals surface area contributed by atoms with Gasteiger partial charge in [-0.1, -0.05) is 66.7 Å². The van der Waals surface area contributed by atoms with Crippen LogP contribution in [0.3, 0.4) is 0 Å². The van der Waals surface area contributed by atoms with E-state index >= 15 is 0 Å². The minimum Gasteiger partial charge on any atom is -0.366 e. The van der Waals surface area contributed by atoms with Gasteiger partial charge in [-0.15, -0.1) is 6.58 Å². The lowest BCUT2D eigenvalue weighted by Gasteiger charge is -2.11. The lowest BCUT2D eigenvalue weighted by atomic mass is 10.1. The molecule has 0 amide bonds. The van der Waals surface area contributed by atoms with Gasteiger partial charge in [-0.25, -0.2) is 4.98 Å². The van der Waals surface area contributed by atoms with E-state index in [1.165, 1.54) is 5.56 Å². The molecule has 2 aromatic carbocycles. The summed E-state index contributed by atoms with van der Waals surface area (Å²) in [4.78, 5) is 9.20. The van der Waals surface area contributed by atoms with Crippen molar-refractivity contribution in [3.8, 4) is 11.3 Å². The molecular formula is C21H22N4. The summed E-state index contributed by atoms with van der Waals surface area (Å²) in [5, 5.41) is 6.58. The summed E-state index contributed by atoms with van der Waals surface area (Å²) < 4.78 is 0. The van der Waals surface area contributed by atoms with Crippen molar-refractivity contribution in [1.29, 1.82) is 0 Å². The molecule has 0 bridgehead atoms. The zero-order valence-corrected chi connectivity index (χ0v) is 14.2. The second-order valence-corrected chi connectivity index (χ2v) is 5.66. The van der Waals surface area contributed by atoms with E-state index in [1.807, 2.05) is 48.5 Å². The summed E-state index contributed by atoms with van der Waals surface area (Å²) in [6.07, 6.45) is 2.74. The van der Waals surface area contributed by atoms with Gasteiger partial charge in [0.2, 0.25) is 5.95 Å². The number of nitrogens with one attached hydrogen (secondary N) is 2. The van der Waals surface area contributed by atoms with Crippen LogP contribution in [-0.2, 0) is 6.42 Å². The van der Waals surface area contributed by atoms with Gasteiger partial charge in [0.05, 0.1) is 5.69 Å². The molecular weight excluding hydrogens is 308 g/mol. The summed E-state index contributed by atoms with van der Waals surface area (Å²) >= 11 is 0. The summed E-state index contributed by atoms with van der Waals surface area (Å²) in [6, 6.07) is 22.5. The van der Waals surface area contributed by atoms with Crippen LogP contribution in [-0.4, -0.2) is 23.1 Å². The van der Waals surface area contributed by atoms with Crippen LogP contribution in [0, 0.1) is 0 Å². The van der Waals surface area contributed by atoms with Crippen molar-refractivity contribution < 1.29 is 0 Å². The fourth-order valence-electron chi connectivity index (χ4n) is 2.51. The average molecular weight is 330 g/mol. The summed E-state index contributed by atoms with van der Waals surface area (Å²) in [5.74, 6) is 1.42. The summed E-state index contributed by atoms with van der Waals surface area (Å²) in [6.45, 7) is 5.18. The number of nitrogens with zero attached hydrogens (tertiary/aromatic N) is 2. The van der Waals surface area contributed by atoms with Gasteiger partial charge in [-0.05, 0) is 12.0 Å². The van der Waals surface area contributed by atoms with Gasteiger partial charge in [-0.2, -0.15) is 4.98 Å². The number of rotatable bonds is 8. The van der Waals surface area contributed by atoms with Crippen LogP contribution in [0.2, 0.25) is 0 Å². The van der Waals surface area contributed by atoms with E-state index in [4.69, 9.17) is 0 Å². The first-order chi connectivity index (χ1) is 12.3. The summed E-state index contributed by atoms with van der Waals surface area (Å²) in [5.41, 5.74) is 3.25. The van der Waals surface area contributed by atoms with Crippen molar-refractivity contribution in [2.75, 3.05) is 23.7 Å². The van der Waals surface area contributed by atoms with Crippen LogP contribution < -0.4 is 10.6 Å². The smallest absolute Gasteiger partial charge is 0.225 e. The Bertz CT molecular complexity index is 801. The molecule has 4 heteroatoms. The highest BCUT2D eigenvalue weighted by Gasteiger charge is 2.06. The number of hydrogen-bond acceptors (Lipinski definition) is 4. The van der Waals surface area contributed by atoms with Gasteiger partial charge in [0.25, 0.3) is 0 Å². The second-order valence-electron chi connectivity index (χ2n) is 5.66. The maximum Gasteiger partial charge on any atom is 0.225 e. The van der Waals surface area contributed by atoms with Crippen molar-refractivity contribution in [3.05, 3.63) is 84.9 Å².